The fourth-order valence-corrected chi connectivity index (χ4v) is 2.10. The summed E-state index contributed by atoms with van der Waals surface area (Å²) in [6, 6.07) is 1.38. The van der Waals surface area contributed by atoms with Crippen molar-refractivity contribution in [1.29, 1.82) is 0 Å². The Morgan fingerprint density at radius 3 is 2.47 bits per heavy atom. The molecule has 2 rings (SSSR count). The van der Waals surface area contributed by atoms with Crippen LogP contribution in [0.15, 0.2) is 12.1 Å². The topological polar surface area (TPSA) is 29.1 Å². The summed E-state index contributed by atoms with van der Waals surface area (Å²) in [5.74, 6) is -3.16. The highest BCUT2D eigenvalue weighted by atomic mass is 19.2. The molecule has 92 valence electrons. The SMILES string of the molecule is CC1(Cc2cc(F)c(F)cc2F)CCC(=O)N1. The molecule has 0 saturated carbocycles. The number of hydrogen-bond donors (Lipinski definition) is 1. The molecular weight excluding hydrogens is 231 g/mol. The van der Waals surface area contributed by atoms with Crippen molar-refractivity contribution in [2.24, 2.45) is 0 Å². The first-order valence-electron chi connectivity index (χ1n) is 5.34. The van der Waals surface area contributed by atoms with Gasteiger partial charge in [-0.25, -0.2) is 13.2 Å². The summed E-state index contributed by atoms with van der Waals surface area (Å²) in [4.78, 5) is 11.1. The molecule has 0 aromatic heterocycles. The Kier molecular flexibility index (Phi) is 2.85. The van der Waals surface area contributed by atoms with Crippen LogP contribution in [0.2, 0.25) is 0 Å². The number of rotatable bonds is 2. The summed E-state index contributed by atoms with van der Waals surface area (Å²) in [5, 5.41) is 2.72. The molecule has 0 spiro atoms. The van der Waals surface area contributed by atoms with E-state index in [-0.39, 0.29) is 17.9 Å². The highest BCUT2D eigenvalue weighted by molar-refractivity contribution is 5.79. The van der Waals surface area contributed by atoms with Gasteiger partial charge in [-0.1, -0.05) is 0 Å². The molecule has 1 amide bonds. The molecule has 1 unspecified atom stereocenters. The number of carbonyl (C=O) groups excluding carboxylic acids is 1. The molecule has 1 N–H and O–H groups in total. The molecule has 0 aliphatic carbocycles. The summed E-state index contributed by atoms with van der Waals surface area (Å²) >= 11 is 0. The van der Waals surface area contributed by atoms with Gasteiger partial charge in [-0.2, -0.15) is 0 Å². The van der Waals surface area contributed by atoms with Crippen LogP contribution in [0.1, 0.15) is 25.3 Å². The minimum absolute atomic E-state index is 0.0774. The molecule has 1 aliphatic rings. The van der Waals surface area contributed by atoms with Gasteiger partial charge in [0.25, 0.3) is 0 Å². The molecule has 1 aromatic carbocycles. The maximum atomic E-state index is 13.4. The number of amides is 1. The molecule has 1 fully saturated rings. The molecule has 17 heavy (non-hydrogen) atoms. The van der Waals surface area contributed by atoms with Crippen LogP contribution in [-0.2, 0) is 11.2 Å². The molecule has 1 aromatic rings. The fraction of sp³-hybridized carbons (Fsp3) is 0.417. The van der Waals surface area contributed by atoms with Crippen molar-refractivity contribution >= 4 is 5.91 Å². The predicted octanol–water partition coefficient (Wildman–Crippen LogP) is 2.32. The minimum atomic E-state index is -1.20. The zero-order valence-electron chi connectivity index (χ0n) is 9.32. The Labute approximate surface area is 96.8 Å². The van der Waals surface area contributed by atoms with E-state index in [1.807, 2.05) is 0 Å². The number of benzene rings is 1. The standard InChI is InChI=1S/C12H12F3NO/c1-12(3-2-11(17)16-12)6-7-4-9(14)10(15)5-8(7)13/h4-5H,2-3,6H2,1H3,(H,16,17). The van der Waals surface area contributed by atoms with Gasteiger partial charge in [0.05, 0.1) is 0 Å². The van der Waals surface area contributed by atoms with Gasteiger partial charge in [-0.05, 0) is 31.4 Å². The Hall–Kier alpha value is -1.52. The van der Waals surface area contributed by atoms with Crippen molar-refractivity contribution in [2.75, 3.05) is 0 Å². The Morgan fingerprint density at radius 2 is 1.88 bits per heavy atom. The number of hydrogen-bond acceptors (Lipinski definition) is 1. The largest absolute Gasteiger partial charge is 0.351 e. The fourth-order valence-electron chi connectivity index (χ4n) is 2.10. The van der Waals surface area contributed by atoms with Crippen LogP contribution < -0.4 is 5.32 Å². The lowest BCUT2D eigenvalue weighted by Gasteiger charge is -2.24. The Morgan fingerprint density at radius 1 is 1.24 bits per heavy atom. The highest BCUT2D eigenvalue weighted by Crippen LogP contribution is 2.26. The van der Waals surface area contributed by atoms with Crippen LogP contribution in [0.5, 0.6) is 0 Å². The number of halogens is 3. The molecular formula is C12H12F3NO. The smallest absolute Gasteiger partial charge is 0.220 e. The third-order valence-electron chi connectivity index (χ3n) is 3.01. The molecule has 1 heterocycles. The molecule has 0 radical (unpaired) electrons. The molecule has 1 atom stereocenters. The van der Waals surface area contributed by atoms with Gasteiger partial charge in [0.2, 0.25) is 5.91 Å². The lowest BCUT2D eigenvalue weighted by atomic mass is 9.91. The van der Waals surface area contributed by atoms with Crippen molar-refractivity contribution in [2.45, 2.75) is 31.7 Å². The average molecular weight is 243 g/mol. The van der Waals surface area contributed by atoms with Crippen molar-refractivity contribution in [1.82, 2.24) is 5.32 Å². The predicted molar refractivity (Wildman–Crippen MR) is 55.8 cm³/mol. The van der Waals surface area contributed by atoms with E-state index in [9.17, 15) is 18.0 Å². The van der Waals surface area contributed by atoms with Crippen molar-refractivity contribution in [3.05, 3.63) is 35.1 Å². The van der Waals surface area contributed by atoms with Gasteiger partial charge in [0.1, 0.15) is 5.82 Å². The second kappa shape index (κ2) is 4.05. The van der Waals surface area contributed by atoms with Crippen molar-refractivity contribution in [3.8, 4) is 0 Å². The second-order valence-electron chi connectivity index (χ2n) is 4.64. The van der Waals surface area contributed by atoms with Crippen LogP contribution in [0.4, 0.5) is 13.2 Å². The highest BCUT2D eigenvalue weighted by Gasteiger charge is 2.33. The molecule has 1 aliphatic heterocycles. The second-order valence-corrected chi connectivity index (χ2v) is 4.64. The van der Waals surface area contributed by atoms with E-state index in [1.165, 1.54) is 0 Å². The average Bonchev–Trinajstić information content (AvgIpc) is 2.55. The van der Waals surface area contributed by atoms with E-state index in [0.29, 0.717) is 18.9 Å². The maximum Gasteiger partial charge on any atom is 0.220 e. The number of nitrogens with one attached hydrogen (secondary N) is 1. The van der Waals surface area contributed by atoms with Gasteiger partial charge >= 0.3 is 0 Å². The summed E-state index contributed by atoms with van der Waals surface area (Å²) in [6.45, 7) is 1.76. The van der Waals surface area contributed by atoms with E-state index in [0.717, 1.165) is 6.07 Å². The van der Waals surface area contributed by atoms with E-state index in [4.69, 9.17) is 0 Å². The molecule has 2 nitrogen and oxygen atoms in total. The van der Waals surface area contributed by atoms with Crippen LogP contribution in [0.25, 0.3) is 0 Å². The van der Waals surface area contributed by atoms with Crippen LogP contribution >= 0.6 is 0 Å². The van der Waals surface area contributed by atoms with Crippen LogP contribution in [0.3, 0.4) is 0 Å². The van der Waals surface area contributed by atoms with E-state index >= 15 is 0 Å². The van der Waals surface area contributed by atoms with Gasteiger partial charge < -0.3 is 5.32 Å². The third-order valence-corrected chi connectivity index (χ3v) is 3.01. The molecule has 5 heteroatoms. The first-order valence-corrected chi connectivity index (χ1v) is 5.34. The zero-order valence-corrected chi connectivity index (χ0v) is 9.32. The lowest BCUT2D eigenvalue weighted by Crippen LogP contribution is -2.40. The van der Waals surface area contributed by atoms with E-state index in [2.05, 4.69) is 5.32 Å². The zero-order chi connectivity index (χ0) is 12.6. The summed E-state index contributed by atoms with van der Waals surface area (Å²) in [6.07, 6.45) is 1.09. The summed E-state index contributed by atoms with van der Waals surface area (Å²) < 4.78 is 39.2. The van der Waals surface area contributed by atoms with Gasteiger partial charge in [-0.15, -0.1) is 0 Å². The lowest BCUT2D eigenvalue weighted by molar-refractivity contribution is -0.119. The van der Waals surface area contributed by atoms with E-state index in [1.54, 1.807) is 6.92 Å². The Balaban J connectivity index is 2.24. The summed E-state index contributed by atoms with van der Waals surface area (Å²) in [7, 11) is 0. The van der Waals surface area contributed by atoms with Crippen LogP contribution in [-0.4, -0.2) is 11.4 Å². The van der Waals surface area contributed by atoms with Crippen LogP contribution in [0, 0.1) is 17.5 Å². The summed E-state index contributed by atoms with van der Waals surface area (Å²) in [5.41, 5.74) is -0.504. The molecule has 1 saturated heterocycles. The first-order chi connectivity index (χ1) is 7.89. The molecule has 0 bridgehead atoms. The first kappa shape index (κ1) is 12.0. The quantitative estimate of drug-likeness (QED) is 0.793. The third kappa shape index (κ3) is 2.43. The van der Waals surface area contributed by atoms with Gasteiger partial charge in [-0.3, -0.25) is 4.79 Å². The van der Waals surface area contributed by atoms with Crippen molar-refractivity contribution < 1.29 is 18.0 Å². The van der Waals surface area contributed by atoms with Gasteiger partial charge in [0, 0.05) is 18.0 Å². The van der Waals surface area contributed by atoms with Crippen molar-refractivity contribution in [3.63, 3.8) is 0 Å². The van der Waals surface area contributed by atoms with Gasteiger partial charge in [0.15, 0.2) is 11.6 Å². The normalized spacial score (nSPS) is 23.9. The Bertz CT molecular complexity index is 475. The minimum Gasteiger partial charge on any atom is -0.351 e. The maximum absolute atomic E-state index is 13.4. The monoisotopic (exact) mass is 243 g/mol. The number of carbonyl (C=O) groups is 1. The van der Waals surface area contributed by atoms with E-state index < -0.39 is 23.0 Å².